The number of hydrogen-bond acceptors (Lipinski definition) is 4. The molecule has 2 aromatic rings. The van der Waals surface area contributed by atoms with Gasteiger partial charge in [-0.25, -0.2) is 0 Å². The second-order valence-electron chi connectivity index (χ2n) is 5.98. The third-order valence-corrected chi connectivity index (χ3v) is 4.48. The zero-order chi connectivity index (χ0) is 16.3. The molecule has 2 rings (SSSR count). The summed E-state index contributed by atoms with van der Waals surface area (Å²) < 4.78 is 3.90. The minimum Gasteiger partial charge on any atom is -0.321 e. The fourth-order valence-corrected chi connectivity index (χ4v) is 3.12. The Morgan fingerprint density at radius 1 is 1.18 bits per heavy atom. The van der Waals surface area contributed by atoms with E-state index in [1.807, 2.05) is 6.92 Å². The molecule has 0 aliphatic rings. The molecule has 0 radical (unpaired) electrons. The topological polar surface area (TPSA) is 54.9 Å². The summed E-state index contributed by atoms with van der Waals surface area (Å²) in [6, 6.07) is 6.22. The van der Waals surface area contributed by atoms with Gasteiger partial charge in [0, 0.05) is 5.69 Å². The van der Waals surface area contributed by atoms with Crippen molar-refractivity contribution in [1.82, 2.24) is 9.59 Å². The van der Waals surface area contributed by atoms with Crippen molar-refractivity contribution >= 4 is 23.1 Å². The van der Waals surface area contributed by atoms with E-state index < -0.39 is 0 Å². The second-order valence-corrected chi connectivity index (χ2v) is 6.73. The van der Waals surface area contributed by atoms with Gasteiger partial charge in [-0.3, -0.25) is 4.79 Å². The van der Waals surface area contributed by atoms with Crippen molar-refractivity contribution in [3.8, 4) is 0 Å². The Morgan fingerprint density at radius 3 is 2.27 bits per heavy atom. The van der Waals surface area contributed by atoms with Crippen LogP contribution in [0.5, 0.6) is 0 Å². The van der Waals surface area contributed by atoms with Crippen LogP contribution in [0.15, 0.2) is 18.2 Å². The standard InChI is InChI=1S/C17H23N3OS/c1-6-14-16(22-20-19-14)17(21)18-15-12(10(2)3)8-7-9-13(15)11(4)5/h7-11H,6H2,1-5H3,(H,18,21). The lowest BCUT2D eigenvalue weighted by Gasteiger charge is -2.20. The van der Waals surface area contributed by atoms with Crippen molar-refractivity contribution in [1.29, 1.82) is 0 Å². The van der Waals surface area contributed by atoms with Crippen molar-refractivity contribution < 1.29 is 4.79 Å². The van der Waals surface area contributed by atoms with Crippen LogP contribution in [0.3, 0.4) is 0 Å². The summed E-state index contributed by atoms with van der Waals surface area (Å²) in [6.45, 7) is 10.5. The molecule has 1 N–H and O–H groups in total. The number of benzene rings is 1. The van der Waals surface area contributed by atoms with E-state index in [2.05, 4.69) is 60.8 Å². The third kappa shape index (κ3) is 3.35. The lowest BCUT2D eigenvalue weighted by molar-refractivity contribution is 0.102. The Labute approximate surface area is 136 Å². The minimum atomic E-state index is -0.109. The van der Waals surface area contributed by atoms with E-state index in [0.29, 0.717) is 23.1 Å². The molecule has 118 valence electrons. The quantitative estimate of drug-likeness (QED) is 0.877. The summed E-state index contributed by atoms with van der Waals surface area (Å²) in [5.74, 6) is 0.584. The van der Waals surface area contributed by atoms with Gasteiger partial charge in [0.05, 0.1) is 5.69 Å². The molecular formula is C17H23N3OS. The number of hydrogen-bond donors (Lipinski definition) is 1. The molecule has 0 aliphatic heterocycles. The maximum atomic E-state index is 12.6. The summed E-state index contributed by atoms with van der Waals surface area (Å²) in [5, 5.41) is 7.13. The molecule has 1 amide bonds. The molecule has 0 spiro atoms. The van der Waals surface area contributed by atoms with Crippen LogP contribution >= 0.6 is 11.5 Å². The molecule has 1 aromatic heterocycles. The maximum Gasteiger partial charge on any atom is 0.269 e. The predicted octanol–water partition coefficient (Wildman–Crippen LogP) is 4.60. The van der Waals surface area contributed by atoms with Crippen LogP contribution < -0.4 is 5.32 Å². The SMILES string of the molecule is CCc1nnsc1C(=O)Nc1c(C(C)C)cccc1C(C)C. The minimum absolute atomic E-state index is 0.109. The predicted molar refractivity (Wildman–Crippen MR) is 91.9 cm³/mol. The molecule has 5 heteroatoms. The number of aromatic nitrogens is 2. The molecule has 22 heavy (non-hydrogen) atoms. The molecule has 0 bridgehead atoms. The van der Waals surface area contributed by atoms with E-state index >= 15 is 0 Å². The van der Waals surface area contributed by atoms with E-state index in [1.54, 1.807) is 0 Å². The molecule has 1 heterocycles. The molecule has 0 aliphatic carbocycles. The first-order valence-electron chi connectivity index (χ1n) is 7.71. The summed E-state index contributed by atoms with van der Waals surface area (Å²) >= 11 is 1.16. The van der Waals surface area contributed by atoms with Gasteiger partial charge in [-0.05, 0) is 40.9 Å². The van der Waals surface area contributed by atoms with Gasteiger partial charge in [0.2, 0.25) is 0 Å². The lowest BCUT2D eigenvalue weighted by atomic mass is 9.92. The Bertz CT molecular complexity index is 635. The smallest absolute Gasteiger partial charge is 0.269 e. The zero-order valence-corrected chi connectivity index (χ0v) is 14.6. The van der Waals surface area contributed by atoms with Gasteiger partial charge in [0.1, 0.15) is 4.88 Å². The Balaban J connectivity index is 2.41. The van der Waals surface area contributed by atoms with Crippen LogP contribution in [0.25, 0.3) is 0 Å². The van der Waals surface area contributed by atoms with Gasteiger partial charge >= 0.3 is 0 Å². The van der Waals surface area contributed by atoms with Gasteiger partial charge in [-0.15, -0.1) is 5.10 Å². The molecule has 1 aromatic carbocycles. The van der Waals surface area contributed by atoms with Crippen molar-refractivity contribution in [2.75, 3.05) is 5.32 Å². The number of rotatable bonds is 5. The number of nitrogens with zero attached hydrogens (tertiary/aromatic N) is 2. The maximum absolute atomic E-state index is 12.6. The molecule has 0 saturated heterocycles. The van der Waals surface area contributed by atoms with Crippen LogP contribution in [0.4, 0.5) is 5.69 Å². The van der Waals surface area contributed by atoms with Crippen molar-refractivity contribution in [3.05, 3.63) is 39.9 Å². The van der Waals surface area contributed by atoms with Gasteiger partial charge in [-0.1, -0.05) is 57.3 Å². The number of anilines is 1. The first-order chi connectivity index (χ1) is 10.5. The largest absolute Gasteiger partial charge is 0.321 e. The number of para-hydroxylation sites is 1. The number of aryl methyl sites for hydroxylation is 1. The summed E-state index contributed by atoms with van der Waals surface area (Å²) in [7, 11) is 0. The van der Waals surface area contributed by atoms with Crippen molar-refractivity contribution in [2.45, 2.75) is 52.9 Å². The Kier molecular flexibility index (Phi) is 5.29. The number of nitrogens with one attached hydrogen (secondary N) is 1. The van der Waals surface area contributed by atoms with E-state index in [-0.39, 0.29) is 5.91 Å². The second kappa shape index (κ2) is 7.01. The fourth-order valence-electron chi connectivity index (χ4n) is 2.48. The molecule has 0 fully saturated rings. The molecule has 0 atom stereocenters. The summed E-state index contributed by atoms with van der Waals surface area (Å²) in [6.07, 6.45) is 0.710. The van der Waals surface area contributed by atoms with Gasteiger partial charge in [-0.2, -0.15) is 0 Å². The van der Waals surface area contributed by atoms with Crippen LogP contribution in [0, 0.1) is 0 Å². The average molecular weight is 317 g/mol. The molecule has 0 saturated carbocycles. The number of carbonyl (C=O) groups excluding carboxylic acids is 1. The van der Waals surface area contributed by atoms with Gasteiger partial charge in [0.15, 0.2) is 0 Å². The lowest BCUT2D eigenvalue weighted by Crippen LogP contribution is -2.16. The molecule has 4 nitrogen and oxygen atoms in total. The Hall–Kier alpha value is -1.75. The van der Waals surface area contributed by atoms with Gasteiger partial charge < -0.3 is 5.32 Å². The fraction of sp³-hybridized carbons (Fsp3) is 0.471. The molecular weight excluding hydrogens is 294 g/mol. The van der Waals surface area contributed by atoms with Crippen LogP contribution in [0.2, 0.25) is 0 Å². The van der Waals surface area contributed by atoms with Crippen LogP contribution in [-0.4, -0.2) is 15.5 Å². The van der Waals surface area contributed by atoms with E-state index in [4.69, 9.17) is 0 Å². The first-order valence-corrected chi connectivity index (χ1v) is 8.48. The van der Waals surface area contributed by atoms with Crippen LogP contribution in [-0.2, 0) is 6.42 Å². The monoisotopic (exact) mass is 317 g/mol. The number of amides is 1. The highest BCUT2D eigenvalue weighted by atomic mass is 32.1. The van der Waals surface area contributed by atoms with Gasteiger partial charge in [0.25, 0.3) is 5.91 Å². The number of carbonyl (C=O) groups is 1. The highest BCUT2D eigenvalue weighted by Crippen LogP contribution is 2.33. The summed E-state index contributed by atoms with van der Waals surface area (Å²) in [5.41, 5.74) is 4.02. The third-order valence-electron chi connectivity index (χ3n) is 3.71. The van der Waals surface area contributed by atoms with Crippen molar-refractivity contribution in [3.63, 3.8) is 0 Å². The van der Waals surface area contributed by atoms with E-state index in [1.165, 1.54) is 0 Å². The van der Waals surface area contributed by atoms with Crippen molar-refractivity contribution in [2.24, 2.45) is 0 Å². The van der Waals surface area contributed by atoms with E-state index in [9.17, 15) is 4.79 Å². The first kappa shape index (κ1) is 16.6. The highest BCUT2D eigenvalue weighted by molar-refractivity contribution is 7.08. The average Bonchev–Trinajstić information content (AvgIpc) is 2.95. The summed E-state index contributed by atoms with van der Waals surface area (Å²) in [4.78, 5) is 13.2. The molecule has 0 unspecified atom stereocenters. The highest BCUT2D eigenvalue weighted by Gasteiger charge is 2.20. The normalized spacial score (nSPS) is 11.2. The zero-order valence-electron chi connectivity index (χ0n) is 13.8. The van der Waals surface area contributed by atoms with E-state index in [0.717, 1.165) is 34.0 Å². The Morgan fingerprint density at radius 2 is 1.77 bits per heavy atom. The van der Waals surface area contributed by atoms with Crippen LogP contribution in [0.1, 0.15) is 72.9 Å².